The summed E-state index contributed by atoms with van der Waals surface area (Å²) in [5.41, 5.74) is 6.21. The predicted octanol–water partition coefficient (Wildman–Crippen LogP) is 1.03. The smallest absolute Gasteiger partial charge is 0.272 e. The molecule has 1 saturated heterocycles. The Morgan fingerprint density at radius 3 is 3.06 bits per heavy atom. The van der Waals surface area contributed by atoms with Gasteiger partial charge in [-0.25, -0.2) is 0 Å². The molecule has 1 aliphatic heterocycles. The fraction of sp³-hybridized carbons (Fsp3) is 0.500. The fourth-order valence-corrected chi connectivity index (χ4v) is 2.15. The maximum atomic E-state index is 12.2. The molecule has 1 aromatic rings. The van der Waals surface area contributed by atoms with E-state index in [1.165, 1.54) is 0 Å². The highest BCUT2D eigenvalue weighted by Gasteiger charge is 2.26. The SMILES string of the molecule is NCC1CCCCN1C(=O)c1ccccn1. The van der Waals surface area contributed by atoms with Crippen molar-refractivity contribution in [3.8, 4) is 0 Å². The zero-order chi connectivity index (χ0) is 11.4. The minimum Gasteiger partial charge on any atom is -0.333 e. The zero-order valence-electron chi connectivity index (χ0n) is 9.30. The minimum absolute atomic E-state index is 0.00995. The van der Waals surface area contributed by atoms with Gasteiger partial charge in [-0.1, -0.05) is 6.07 Å². The van der Waals surface area contributed by atoms with Crippen LogP contribution in [-0.2, 0) is 0 Å². The summed E-state index contributed by atoms with van der Waals surface area (Å²) in [6.45, 7) is 1.34. The van der Waals surface area contributed by atoms with E-state index in [4.69, 9.17) is 5.73 Å². The maximum absolute atomic E-state index is 12.2. The first kappa shape index (κ1) is 11.1. The Hall–Kier alpha value is -1.42. The summed E-state index contributed by atoms with van der Waals surface area (Å²) >= 11 is 0. The van der Waals surface area contributed by atoms with Crippen LogP contribution in [0, 0.1) is 0 Å². The number of carbonyl (C=O) groups is 1. The second kappa shape index (κ2) is 5.07. The van der Waals surface area contributed by atoms with E-state index in [2.05, 4.69) is 4.98 Å². The Bertz CT molecular complexity index is 353. The van der Waals surface area contributed by atoms with Gasteiger partial charge in [0.1, 0.15) is 5.69 Å². The molecule has 1 atom stereocenters. The Morgan fingerprint density at radius 1 is 1.50 bits per heavy atom. The van der Waals surface area contributed by atoms with Crippen molar-refractivity contribution in [3.05, 3.63) is 30.1 Å². The Morgan fingerprint density at radius 2 is 2.38 bits per heavy atom. The predicted molar refractivity (Wildman–Crippen MR) is 62.0 cm³/mol. The van der Waals surface area contributed by atoms with Gasteiger partial charge in [-0.15, -0.1) is 0 Å². The lowest BCUT2D eigenvalue weighted by atomic mass is 10.0. The first-order valence-corrected chi connectivity index (χ1v) is 5.75. The monoisotopic (exact) mass is 219 g/mol. The molecule has 4 nitrogen and oxygen atoms in total. The van der Waals surface area contributed by atoms with E-state index < -0.39 is 0 Å². The first-order valence-electron chi connectivity index (χ1n) is 5.75. The molecular weight excluding hydrogens is 202 g/mol. The van der Waals surface area contributed by atoms with Crippen molar-refractivity contribution in [3.63, 3.8) is 0 Å². The van der Waals surface area contributed by atoms with Crippen LogP contribution >= 0.6 is 0 Å². The third-order valence-electron chi connectivity index (χ3n) is 3.04. The van der Waals surface area contributed by atoms with Crippen molar-refractivity contribution in [2.45, 2.75) is 25.3 Å². The molecule has 0 saturated carbocycles. The van der Waals surface area contributed by atoms with Gasteiger partial charge in [0, 0.05) is 25.3 Å². The van der Waals surface area contributed by atoms with Crippen molar-refractivity contribution in [1.82, 2.24) is 9.88 Å². The van der Waals surface area contributed by atoms with Gasteiger partial charge in [0.25, 0.3) is 5.91 Å². The Balaban J connectivity index is 2.14. The number of hydrogen-bond donors (Lipinski definition) is 1. The van der Waals surface area contributed by atoms with E-state index in [0.717, 1.165) is 25.8 Å². The highest BCUT2D eigenvalue weighted by Crippen LogP contribution is 2.18. The van der Waals surface area contributed by atoms with Crippen LogP contribution in [0.25, 0.3) is 0 Å². The normalized spacial score (nSPS) is 20.8. The minimum atomic E-state index is 0.00995. The molecule has 2 rings (SSSR count). The van der Waals surface area contributed by atoms with Crippen LogP contribution in [0.4, 0.5) is 0 Å². The molecular formula is C12H17N3O. The highest BCUT2D eigenvalue weighted by atomic mass is 16.2. The molecule has 86 valence electrons. The second-order valence-corrected chi connectivity index (χ2v) is 4.10. The summed E-state index contributed by atoms with van der Waals surface area (Å²) < 4.78 is 0. The molecule has 0 bridgehead atoms. The molecule has 2 heterocycles. The molecule has 0 spiro atoms. The van der Waals surface area contributed by atoms with Gasteiger partial charge in [-0.2, -0.15) is 0 Å². The van der Waals surface area contributed by atoms with E-state index in [1.54, 1.807) is 12.3 Å². The van der Waals surface area contributed by atoms with Crippen molar-refractivity contribution >= 4 is 5.91 Å². The number of pyridine rings is 1. The lowest BCUT2D eigenvalue weighted by Gasteiger charge is -2.34. The van der Waals surface area contributed by atoms with Crippen LogP contribution in [0.15, 0.2) is 24.4 Å². The third-order valence-corrected chi connectivity index (χ3v) is 3.04. The number of piperidine rings is 1. The Kier molecular flexibility index (Phi) is 3.51. The average Bonchev–Trinajstić information content (AvgIpc) is 2.39. The topological polar surface area (TPSA) is 59.2 Å². The summed E-state index contributed by atoms with van der Waals surface area (Å²) in [5, 5.41) is 0. The van der Waals surface area contributed by atoms with Crippen molar-refractivity contribution in [2.24, 2.45) is 5.73 Å². The van der Waals surface area contributed by atoms with Gasteiger partial charge in [0.2, 0.25) is 0 Å². The van der Waals surface area contributed by atoms with E-state index in [-0.39, 0.29) is 11.9 Å². The summed E-state index contributed by atoms with van der Waals surface area (Å²) in [7, 11) is 0. The molecule has 1 amide bonds. The lowest BCUT2D eigenvalue weighted by Crippen LogP contribution is -2.47. The number of amides is 1. The van der Waals surface area contributed by atoms with Crippen LogP contribution in [0.2, 0.25) is 0 Å². The van der Waals surface area contributed by atoms with E-state index in [0.29, 0.717) is 12.2 Å². The summed E-state index contributed by atoms with van der Waals surface area (Å²) in [6.07, 6.45) is 4.88. The average molecular weight is 219 g/mol. The van der Waals surface area contributed by atoms with E-state index >= 15 is 0 Å². The summed E-state index contributed by atoms with van der Waals surface area (Å²) in [6, 6.07) is 5.59. The third kappa shape index (κ3) is 2.22. The van der Waals surface area contributed by atoms with Gasteiger partial charge in [0.15, 0.2) is 0 Å². The van der Waals surface area contributed by atoms with Crippen LogP contribution in [0.1, 0.15) is 29.8 Å². The molecule has 16 heavy (non-hydrogen) atoms. The van der Waals surface area contributed by atoms with Crippen LogP contribution in [0.5, 0.6) is 0 Å². The molecule has 0 radical (unpaired) electrons. The number of aromatic nitrogens is 1. The van der Waals surface area contributed by atoms with Crippen LogP contribution in [-0.4, -0.2) is 34.9 Å². The molecule has 1 aromatic heterocycles. The van der Waals surface area contributed by atoms with E-state index in [9.17, 15) is 4.79 Å². The number of nitrogens with two attached hydrogens (primary N) is 1. The molecule has 2 N–H and O–H groups in total. The molecule has 1 fully saturated rings. The number of likely N-dealkylation sites (tertiary alicyclic amines) is 1. The Labute approximate surface area is 95.5 Å². The quantitative estimate of drug-likeness (QED) is 0.808. The zero-order valence-corrected chi connectivity index (χ0v) is 9.30. The van der Waals surface area contributed by atoms with Gasteiger partial charge >= 0.3 is 0 Å². The summed E-state index contributed by atoms with van der Waals surface area (Å²) in [4.78, 5) is 18.1. The van der Waals surface area contributed by atoms with Crippen molar-refractivity contribution < 1.29 is 4.79 Å². The second-order valence-electron chi connectivity index (χ2n) is 4.10. The van der Waals surface area contributed by atoms with Gasteiger partial charge in [-0.3, -0.25) is 9.78 Å². The number of rotatable bonds is 2. The van der Waals surface area contributed by atoms with Crippen LogP contribution in [0.3, 0.4) is 0 Å². The van der Waals surface area contributed by atoms with Gasteiger partial charge in [-0.05, 0) is 31.4 Å². The number of carbonyl (C=O) groups excluding carboxylic acids is 1. The van der Waals surface area contributed by atoms with Crippen LogP contribution < -0.4 is 5.73 Å². The van der Waals surface area contributed by atoms with Crippen molar-refractivity contribution in [1.29, 1.82) is 0 Å². The maximum Gasteiger partial charge on any atom is 0.272 e. The van der Waals surface area contributed by atoms with Gasteiger partial charge < -0.3 is 10.6 Å². The summed E-state index contributed by atoms with van der Waals surface area (Å²) in [5.74, 6) is 0.00995. The number of hydrogen-bond acceptors (Lipinski definition) is 3. The molecule has 1 unspecified atom stereocenters. The number of nitrogens with zero attached hydrogens (tertiary/aromatic N) is 2. The van der Waals surface area contributed by atoms with Crippen molar-refractivity contribution in [2.75, 3.05) is 13.1 Å². The molecule has 0 aliphatic carbocycles. The highest BCUT2D eigenvalue weighted by molar-refractivity contribution is 5.92. The molecule has 1 aliphatic rings. The molecule has 4 heteroatoms. The first-order chi connectivity index (χ1) is 7.83. The van der Waals surface area contributed by atoms with E-state index in [1.807, 2.05) is 17.0 Å². The fourth-order valence-electron chi connectivity index (χ4n) is 2.15. The largest absolute Gasteiger partial charge is 0.333 e. The van der Waals surface area contributed by atoms with Gasteiger partial charge in [0.05, 0.1) is 0 Å². The lowest BCUT2D eigenvalue weighted by molar-refractivity contribution is 0.0617. The standard InChI is InChI=1S/C12H17N3O/c13-9-10-5-2-4-8-15(10)12(16)11-6-1-3-7-14-11/h1,3,6-7,10H,2,4-5,8-9,13H2. The molecule has 0 aromatic carbocycles.